The number of likely N-dealkylation sites (tertiary alicyclic amines) is 1. The third-order valence-corrected chi connectivity index (χ3v) is 5.31. The van der Waals surface area contributed by atoms with Crippen molar-refractivity contribution in [2.45, 2.75) is 45.7 Å². The van der Waals surface area contributed by atoms with E-state index in [0.29, 0.717) is 24.5 Å². The fourth-order valence-corrected chi connectivity index (χ4v) is 3.78. The van der Waals surface area contributed by atoms with E-state index in [4.69, 9.17) is 13.2 Å². The van der Waals surface area contributed by atoms with Crippen LogP contribution in [0.2, 0.25) is 0 Å². The molecule has 30 heavy (non-hydrogen) atoms. The minimum Gasteiger partial charge on any atom is -0.463 e. The fourth-order valence-electron chi connectivity index (χ4n) is 3.78. The number of benzene rings is 1. The topological polar surface area (TPSA) is 96.6 Å². The first-order valence-electron chi connectivity index (χ1n) is 11.5. The average Bonchev–Trinajstić information content (AvgIpc) is 3.23. The molecule has 0 saturated carbocycles. The maximum atomic E-state index is 12.3. The summed E-state index contributed by atoms with van der Waals surface area (Å²) >= 11 is 0. The van der Waals surface area contributed by atoms with E-state index in [1.165, 1.54) is 18.4 Å². The monoisotopic (exact) mass is 412 g/mol. The number of anilines is 3. The molecule has 0 spiro atoms. The van der Waals surface area contributed by atoms with E-state index in [9.17, 15) is 4.79 Å². The van der Waals surface area contributed by atoms with Crippen LogP contribution in [0.4, 0.5) is 17.3 Å². The van der Waals surface area contributed by atoms with Gasteiger partial charge in [0, 0.05) is 13.1 Å². The van der Waals surface area contributed by atoms with Crippen molar-refractivity contribution in [1.82, 2.24) is 14.9 Å². The Kier molecular flexibility index (Phi) is 5.56. The lowest BCUT2D eigenvalue weighted by Gasteiger charge is -2.30. The van der Waals surface area contributed by atoms with Crippen molar-refractivity contribution in [2.75, 3.05) is 42.1 Å². The van der Waals surface area contributed by atoms with Crippen LogP contribution >= 0.6 is 0 Å². The Morgan fingerprint density at radius 2 is 1.87 bits per heavy atom. The van der Waals surface area contributed by atoms with Crippen LogP contribution in [0.25, 0.3) is 0 Å². The van der Waals surface area contributed by atoms with Crippen LogP contribution in [-0.2, 0) is 17.9 Å². The molecule has 8 nitrogen and oxygen atoms in total. The van der Waals surface area contributed by atoms with Gasteiger partial charge in [0.2, 0.25) is 5.91 Å². The lowest BCUT2D eigenvalue weighted by Crippen LogP contribution is -2.39. The second-order valence-corrected chi connectivity index (χ2v) is 7.79. The standard InChI is InChI=1S/C22H30N6O2/c1-2-3-12-30-22-25-20(23)19-21(26-22)28(15-18(29)24-19)14-17-8-6-16(7-9-17)13-27-10-4-5-11-27/h6-9H,2-5,10-15H2,1H3,(H,24,29)(H2,23,25,26)/i12D2. The molecule has 1 fully saturated rings. The first kappa shape index (κ1) is 17.9. The third kappa shape index (κ3) is 4.81. The molecule has 2 aliphatic heterocycles. The number of nitrogen functional groups attached to an aromatic ring is 1. The zero-order chi connectivity index (χ0) is 22.7. The number of hydrogen-bond donors (Lipinski definition) is 2. The van der Waals surface area contributed by atoms with E-state index in [0.717, 1.165) is 25.2 Å². The Hall–Kier alpha value is -2.87. The number of nitrogens with one attached hydrogen (secondary N) is 1. The van der Waals surface area contributed by atoms with Crippen molar-refractivity contribution in [3.05, 3.63) is 35.4 Å². The molecule has 0 unspecified atom stereocenters. The number of nitrogens with zero attached hydrogens (tertiary/aromatic N) is 4. The highest BCUT2D eigenvalue weighted by atomic mass is 16.5. The lowest BCUT2D eigenvalue weighted by molar-refractivity contribution is -0.115. The molecular formula is C22H30N6O2. The first-order chi connectivity index (χ1) is 15.3. The highest BCUT2D eigenvalue weighted by Crippen LogP contribution is 2.34. The molecule has 3 N–H and O–H groups in total. The van der Waals surface area contributed by atoms with Gasteiger partial charge in [0.05, 0.1) is 15.8 Å². The highest BCUT2D eigenvalue weighted by molar-refractivity contribution is 6.03. The zero-order valence-corrected chi connectivity index (χ0v) is 17.4. The smallest absolute Gasteiger partial charge is 0.320 e. The lowest BCUT2D eigenvalue weighted by atomic mass is 10.1. The Bertz CT molecular complexity index is 964. The van der Waals surface area contributed by atoms with E-state index >= 15 is 0 Å². The molecule has 3 heterocycles. The largest absolute Gasteiger partial charge is 0.463 e. The summed E-state index contributed by atoms with van der Waals surface area (Å²) < 4.78 is 21.3. The molecule has 2 aromatic rings. The summed E-state index contributed by atoms with van der Waals surface area (Å²) in [7, 11) is 0. The first-order valence-corrected chi connectivity index (χ1v) is 10.5. The summed E-state index contributed by atoms with van der Waals surface area (Å²) in [5, 5.41) is 2.72. The number of ether oxygens (including phenoxy) is 1. The molecule has 160 valence electrons. The number of amides is 1. The van der Waals surface area contributed by atoms with E-state index < -0.39 is 6.56 Å². The number of nitrogens with two attached hydrogens (primary N) is 1. The highest BCUT2D eigenvalue weighted by Gasteiger charge is 2.27. The summed E-state index contributed by atoms with van der Waals surface area (Å²) in [5.41, 5.74) is 8.69. The predicted molar refractivity (Wildman–Crippen MR) is 117 cm³/mol. The number of rotatable bonds is 8. The molecule has 0 atom stereocenters. The molecule has 1 saturated heterocycles. The van der Waals surface area contributed by atoms with Crippen LogP contribution in [0.1, 0.15) is 46.5 Å². The Balaban J connectivity index is 1.53. The SMILES string of the molecule is [2H]C([2H])(CCC)Oc1nc(N)c2c(n1)N(Cc1ccc(CN3CCCC3)cc1)CC(=O)N2. The molecule has 0 bridgehead atoms. The molecule has 2 aliphatic rings. The fraction of sp³-hybridized carbons (Fsp3) is 0.500. The van der Waals surface area contributed by atoms with E-state index in [1.807, 2.05) is 11.8 Å². The molecule has 1 amide bonds. The molecule has 8 heteroatoms. The molecule has 1 aromatic heterocycles. The van der Waals surface area contributed by atoms with Gasteiger partial charge in [0.1, 0.15) is 5.69 Å². The van der Waals surface area contributed by atoms with Crippen molar-refractivity contribution in [1.29, 1.82) is 0 Å². The minimum absolute atomic E-state index is 0.0521. The normalized spacial score (nSPS) is 17.9. The van der Waals surface area contributed by atoms with Gasteiger partial charge in [0.15, 0.2) is 11.6 Å². The van der Waals surface area contributed by atoms with Crippen molar-refractivity contribution in [2.24, 2.45) is 0 Å². The van der Waals surface area contributed by atoms with Gasteiger partial charge in [0.25, 0.3) is 0 Å². The summed E-state index contributed by atoms with van der Waals surface area (Å²) in [5.74, 6) is 0.283. The van der Waals surface area contributed by atoms with E-state index in [2.05, 4.69) is 44.5 Å². The van der Waals surface area contributed by atoms with Crippen molar-refractivity contribution < 1.29 is 12.3 Å². The Morgan fingerprint density at radius 3 is 2.57 bits per heavy atom. The molecule has 0 radical (unpaired) electrons. The Morgan fingerprint density at radius 1 is 1.17 bits per heavy atom. The third-order valence-electron chi connectivity index (χ3n) is 5.31. The molecular weight excluding hydrogens is 380 g/mol. The van der Waals surface area contributed by atoms with E-state index in [1.54, 1.807) is 0 Å². The van der Waals surface area contributed by atoms with Crippen molar-refractivity contribution in [3.8, 4) is 6.01 Å². The van der Waals surface area contributed by atoms with Crippen molar-refractivity contribution >= 4 is 23.2 Å². The van der Waals surface area contributed by atoms with Crippen molar-refractivity contribution in [3.63, 3.8) is 0 Å². The second-order valence-electron chi connectivity index (χ2n) is 7.79. The van der Waals surface area contributed by atoms with Gasteiger partial charge in [-0.05, 0) is 43.5 Å². The van der Waals surface area contributed by atoms with E-state index in [-0.39, 0.29) is 30.7 Å². The van der Waals surface area contributed by atoms with Gasteiger partial charge in [-0.1, -0.05) is 37.6 Å². The molecule has 1 aromatic carbocycles. The molecule has 0 aliphatic carbocycles. The predicted octanol–water partition coefficient (Wildman–Crippen LogP) is 2.79. The van der Waals surface area contributed by atoms with Crippen LogP contribution in [0.15, 0.2) is 24.3 Å². The summed E-state index contributed by atoms with van der Waals surface area (Å²) in [6, 6.07) is 8.25. The maximum Gasteiger partial charge on any atom is 0.320 e. The van der Waals surface area contributed by atoms with Crippen LogP contribution < -0.4 is 20.7 Å². The van der Waals surface area contributed by atoms with Gasteiger partial charge in [-0.15, -0.1) is 0 Å². The maximum absolute atomic E-state index is 12.3. The molecule has 4 rings (SSSR count). The Labute approximate surface area is 180 Å². The van der Waals surface area contributed by atoms with Crippen LogP contribution in [0.5, 0.6) is 6.01 Å². The zero-order valence-electron chi connectivity index (χ0n) is 19.4. The summed E-state index contributed by atoms with van der Waals surface area (Å²) in [6.07, 6.45) is 3.36. The van der Waals surface area contributed by atoms with Gasteiger partial charge >= 0.3 is 6.01 Å². The van der Waals surface area contributed by atoms with Gasteiger partial charge in [-0.3, -0.25) is 9.69 Å². The quantitative estimate of drug-likeness (QED) is 0.688. The number of carbonyl (C=O) groups excluding carboxylic acids is 1. The van der Waals surface area contributed by atoms with Gasteiger partial charge in [-0.25, -0.2) is 0 Å². The van der Waals surface area contributed by atoms with Crippen LogP contribution in [0.3, 0.4) is 0 Å². The van der Waals surface area contributed by atoms with Gasteiger partial charge in [-0.2, -0.15) is 9.97 Å². The number of hydrogen-bond acceptors (Lipinski definition) is 7. The summed E-state index contributed by atoms with van der Waals surface area (Å²) in [6.45, 7) is 3.81. The second kappa shape index (κ2) is 9.30. The number of aromatic nitrogens is 2. The number of carbonyl (C=O) groups is 1. The van der Waals surface area contributed by atoms with Crippen LogP contribution in [-0.4, -0.2) is 47.0 Å². The van der Waals surface area contributed by atoms with Crippen LogP contribution in [0, 0.1) is 0 Å². The van der Waals surface area contributed by atoms with Gasteiger partial charge < -0.3 is 20.7 Å². The number of fused-ring (bicyclic) bond motifs is 1. The minimum atomic E-state index is -1.90. The summed E-state index contributed by atoms with van der Waals surface area (Å²) in [4.78, 5) is 25.0. The average molecular weight is 413 g/mol.